The third-order valence-corrected chi connectivity index (χ3v) is 6.85. The van der Waals surface area contributed by atoms with Crippen molar-refractivity contribution in [1.29, 1.82) is 0 Å². The number of carbonyl (C=O) groups excluding carboxylic acids is 1. The molecule has 1 aromatic carbocycles. The van der Waals surface area contributed by atoms with Crippen molar-refractivity contribution in [3.8, 4) is 0 Å². The number of nitrogens with zero attached hydrogens (tertiary/aromatic N) is 2. The van der Waals surface area contributed by atoms with Gasteiger partial charge < -0.3 is 10.6 Å². The van der Waals surface area contributed by atoms with Crippen molar-refractivity contribution in [2.75, 3.05) is 18.4 Å². The van der Waals surface area contributed by atoms with Gasteiger partial charge in [-0.05, 0) is 56.2 Å². The summed E-state index contributed by atoms with van der Waals surface area (Å²) in [6.07, 6.45) is 11.6. The van der Waals surface area contributed by atoms with E-state index in [0.717, 1.165) is 50.6 Å². The molecule has 5 nitrogen and oxygen atoms in total. The highest BCUT2D eigenvalue weighted by Gasteiger charge is 2.17. The molecule has 0 saturated carbocycles. The number of aromatic nitrogens is 2. The molecule has 0 atom stereocenters. The normalized spacial score (nSPS) is 13.0. The molecule has 0 bridgehead atoms. The van der Waals surface area contributed by atoms with Crippen LogP contribution in [0.25, 0.3) is 10.9 Å². The second-order valence-corrected chi connectivity index (χ2v) is 9.35. The number of aryl methyl sites for hydroxylation is 1. The van der Waals surface area contributed by atoms with Gasteiger partial charge in [-0.2, -0.15) is 0 Å². The maximum absolute atomic E-state index is 12.1. The van der Waals surface area contributed by atoms with Crippen LogP contribution in [0, 0.1) is 0 Å². The summed E-state index contributed by atoms with van der Waals surface area (Å²) < 4.78 is 0. The molecule has 0 spiro atoms. The molecule has 2 N–H and O–H groups in total. The average molecular weight is 485 g/mol. The molecule has 0 radical (unpaired) electrons. The van der Waals surface area contributed by atoms with Crippen LogP contribution in [-0.2, 0) is 12.8 Å². The zero-order chi connectivity index (χ0) is 23.0. The number of hydrogen-bond acceptors (Lipinski definition) is 4. The van der Waals surface area contributed by atoms with E-state index >= 15 is 0 Å². The van der Waals surface area contributed by atoms with Crippen LogP contribution in [0.3, 0.4) is 0 Å². The maximum atomic E-state index is 12.1. The Balaban J connectivity index is 1.16. The molecule has 2 aromatic heterocycles. The van der Waals surface area contributed by atoms with Crippen molar-refractivity contribution < 1.29 is 4.79 Å². The summed E-state index contributed by atoms with van der Waals surface area (Å²) in [5.74, 6) is -0.168. The second kappa shape index (κ2) is 11.7. The Morgan fingerprint density at radius 2 is 1.73 bits per heavy atom. The Morgan fingerprint density at radius 1 is 0.970 bits per heavy atom. The van der Waals surface area contributed by atoms with Crippen LogP contribution in [0.15, 0.2) is 36.5 Å². The van der Waals surface area contributed by atoms with Crippen LogP contribution >= 0.6 is 23.2 Å². The van der Waals surface area contributed by atoms with E-state index in [9.17, 15) is 4.79 Å². The zero-order valence-corrected chi connectivity index (χ0v) is 20.3. The molecule has 1 aliphatic rings. The van der Waals surface area contributed by atoms with Crippen molar-refractivity contribution in [2.24, 2.45) is 0 Å². The van der Waals surface area contributed by atoms with Gasteiger partial charge in [0.2, 0.25) is 0 Å². The van der Waals surface area contributed by atoms with Gasteiger partial charge in [-0.1, -0.05) is 60.7 Å². The first-order valence-electron chi connectivity index (χ1n) is 11.9. The van der Waals surface area contributed by atoms with Crippen molar-refractivity contribution in [3.05, 3.63) is 63.5 Å². The highest BCUT2D eigenvalue weighted by molar-refractivity contribution is 6.41. The Morgan fingerprint density at radius 3 is 2.58 bits per heavy atom. The molecular weight excluding hydrogens is 455 g/mol. The lowest BCUT2D eigenvalue weighted by atomic mass is 9.92. The number of hydrogen-bond donors (Lipinski definition) is 2. The first-order valence-corrected chi connectivity index (χ1v) is 12.6. The van der Waals surface area contributed by atoms with Crippen molar-refractivity contribution >= 4 is 45.7 Å². The number of para-hydroxylation sites is 1. The number of amides is 1. The first kappa shape index (κ1) is 23.8. The van der Waals surface area contributed by atoms with Gasteiger partial charge in [0, 0.05) is 36.1 Å². The Labute approximate surface area is 205 Å². The lowest BCUT2D eigenvalue weighted by Crippen LogP contribution is -2.24. The van der Waals surface area contributed by atoms with Gasteiger partial charge in [0.05, 0.1) is 16.1 Å². The summed E-state index contributed by atoms with van der Waals surface area (Å²) in [6, 6.07) is 10.0. The summed E-state index contributed by atoms with van der Waals surface area (Å²) in [5.41, 5.74) is 5.53. The third kappa shape index (κ3) is 6.15. The van der Waals surface area contributed by atoms with Gasteiger partial charge in [0.1, 0.15) is 5.15 Å². The highest BCUT2D eigenvalue weighted by atomic mass is 35.5. The van der Waals surface area contributed by atoms with Gasteiger partial charge >= 0.3 is 0 Å². The summed E-state index contributed by atoms with van der Waals surface area (Å²) in [6.45, 7) is 1.62. The molecule has 1 aliphatic carbocycles. The maximum Gasteiger partial charge on any atom is 0.252 e. The molecule has 0 saturated heterocycles. The smallest absolute Gasteiger partial charge is 0.252 e. The van der Waals surface area contributed by atoms with E-state index in [0.29, 0.717) is 12.1 Å². The minimum Gasteiger partial charge on any atom is -0.384 e. The molecule has 2 heterocycles. The predicted octanol–water partition coefficient (Wildman–Crippen LogP) is 6.61. The van der Waals surface area contributed by atoms with Crippen LogP contribution in [0.1, 0.15) is 66.6 Å². The number of rotatable bonds is 10. The Bertz CT molecular complexity index is 1120. The van der Waals surface area contributed by atoms with E-state index in [1.165, 1.54) is 47.8 Å². The van der Waals surface area contributed by atoms with Crippen LogP contribution in [-0.4, -0.2) is 29.0 Å². The minimum absolute atomic E-state index is 0.168. The number of carbonyl (C=O) groups is 1. The number of nitrogens with one attached hydrogen (secondary N) is 2. The SMILES string of the molecule is O=C(NCCCCCCCNc1c2c(nc3ccccc13)CCCC2)c1cnc(Cl)c(Cl)c1. The van der Waals surface area contributed by atoms with E-state index in [-0.39, 0.29) is 16.1 Å². The third-order valence-electron chi connectivity index (χ3n) is 6.17. The molecule has 33 heavy (non-hydrogen) atoms. The van der Waals surface area contributed by atoms with Crippen LogP contribution in [0.5, 0.6) is 0 Å². The first-order chi connectivity index (χ1) is 16.1. The van der Waals surface area contributed by atoms with E-state index in [1.54, 1.807) is 6.07 Å². The largest absolute Gasteiger partial charge is 0.384 e. The van der Waals surface area contributed by atoms with E-state index in [4.69, 9.17) is 28.2 Å². The number of anilines is 1. The highest BCUT2D eigenvalue weighted by Crippen LogP contribution is 2.33. The Hall–Kier alpha value is -2.37. The fourth-order valence-corrected chi connectivity index (χ4v) is 4.69. The fourth-order valence-electron chi connectivity index (χ4n) is 4.42. The van der Waals surface area contributed by atoms with Gasteiger partial charge in [0.25, 0.3) is 5.91 Å². The van der Waals surface area contributed by atoms with Gasteiger partial charge in [-0.15, -0.1) is 0 Å². The second-order valence-electron chi connectivity index (χ2n) is 8.58. The number of fused-ring (bicyclic) bond motifs is 2. The lowest BCUT2D eigenvalue weighted by Gasteiger charge is -2.21. The molecular formula is C26H30Cl2N4O. The van der Waals surface area contributed by atoms with E-state index < -0.39 is 0 Å². The van der Waals surface area contributed by atoms with Crippen LogP contribution < -0.4 is 10.6 Å². The average Bonchev–Trinajstić information content (AvgIpc) is 2.83. The van der Waals surface area contributed by atoms with Gasteiger partial charge in [-0.25, -0.2) is 4.98 Å². The monoisotopic (exact) mass is 484 g/mol. The van der Waals surface area contributed by atoms with Crippen molar-refractivity contribution in [1.82, 2.24) is 15.3 Å². The molecule has 174 valence electrons. The molecule has 0 unspecified atom stereocenters. The minimum atomic E-state index is -0.168. The molecule has 7 heteroatoms. The Kier molecular flexibility index (Phi) is 8.40. The van der Waals surface area contributed by atoms with Gasteiger partial charge in [0.15, 0.2) is 0 Å². The summed E-state index contributed by atoms with van der Waals surface area (Å²) >= 11 is 11.7. The molecule has 3 aromatic rings. The van der Waals surface area contributed by atoms with Gasteiger partial charge in [-0.3, -0.25) is 9.78 Å². The van der Waals surface area contributed by atoms with E-state index in [2.05, 4.69) is 39.9 Å². The summed E-state index contributed by atoms with van der Waals surface area (Å²) in [4.78, 5) is 21.0. The zero-order valence-electron chi connectivity index (χ0n) is 18.8. The predicted molar refractivity (Wildman–Crippen MR) is 137 cm³/mol. The van der Waals surface area contributed by atoms with Crippen LogP contribution in [0.2, 0.25) is 10.2 Å². The number of benzene rings is 1. The molecule has 0 fully saturated rings. The lowest BCUT2D eigenvalue weighted by molar-refractivity contribution is 0.0952. The quantitative estimate of drug-likeness (QED) is 0.251. The van der Waals surface area contributed by atoms with E-state index in [1.807, 2.05) is 0 Å². The van der Waals surface area contributed by atoms with Crippen molar-refractivity contribution in [2.45, 2.75) is 57.8 Å². The topological polar surface area (TPSA) is 66.9 Å². The molecule has 0 aliphatic heterocycles. The number of halogens is 2. The molecule has 1 amide bonds. The number of pyridine rings is 2. The summed E-state index contributed by atoms with van der Waals surface area (Å²) in [5, 5.41) is 8.39. The molecule has 4 rings (SSSR count). The number of unbranched alkanes of at least 4 members (excludes halogenated alkanes) is 4. The standard InChI is InChI=1S/C26H30Cl2N4O/c27-21-16-18(17-31-25(21)28)26(33)30-15-9-3-1-2-8-14-29-24-19-10-4-6-12-22(19)32-23-13-7-5-11-20(23)24/h4,6,10,12,16-17H,1-3,5,7-9,11,13-15H2,(H,29,32)(H,30,33). The van der Waals surface area contributed by atoms with Crippen LogP contribution in [0.4, 0.5) is 5.69 Å². The summed E-state index contributed by atoms with van der Waals surface area (Å²) in [7, 11) is 0. The fraction of sp³-hybridized carbons (Fsp3) is 0.423. The van der Waals surface area contributed by atoms with Crippen molar-refractivity contribution in [3.63, 3.8) is 0 Å².